The number of methoxy groups -OCH3 is 2. The highest BCUT2D eigenvalue weighted by atomic mass is 16.5. The molecule has 5 atom stereocenters. The summed E-state index contributed by atoms with van der Waals surface area (Å²) >= 11 is 0. The molecular weight excluding hydrogens is 1020 g/mol. The van der Waals surface area contributed by atoms with Crippen LogP contribution in [-0.2, 0) is 65.4 Å². The van der Waals surface area contributed by atoms with Gasteiger partial charge >= 0.3 is 24.0 Å². The van der Waals surface area contributed by atoms with Crippen molar-refractivity contribution in [2.75, 3.05) is 66.8 Å². The molecular formula is C62H90N4O14. The molecule has 2 aliphatic heterocycles. The molecule has 2 aromatic rings. The van der Waals surface area contributed by atoms with Crippen LogP contribution in [0.15, 0.2) is 60.7 Å². The highest BCUT2D eigenvalue weighted by Crippen LogP contribution is 2.35. The van der Waals surface area contributed by atoms with E-state index in [1.807, 2.05) is 74.5 Å². The quantitative estimate of drug-likeness (QED) is 0.0542. The number of carbonyl (C=O) groups excluding carboxylic acids is 9. The number of esters is 2. The Kier molecular flexibility index (Phi) is 27.4. The van der Waals surface area contributed by atoms with Crippen LogP contribution in [0, 0.1) is 23.7 Å². The third kappa shape index (κ3) is 19.7. The van der Waals surface area contributed by atoms with Crippen LogP contribution >= 0.6 is 0 Å². The van der Waals surface area contributed by atoms with E-state index >= 15 is 0 Å². The summed E-state index contributed by atoms with van der Waals surface area (Å²) in [6.45, 7) is 7.76. The predicted octanol–water partition coefficient (Wildman–Crippen LogP) is 7.91. The number of nitrogens with one attached hydrogen (secondary N) is 2. The van der Waals surface area contributed by atoms with Gasteiger partial charge in [0.05, 0.1) is 52.5 Å². The van der Waals surface area contributed by atoms with E-state index < -0.39 is 70.1 Å². The van der Waals surface area contributed by atoms with Crippen molar-refractivity contribution in [3.05, 3.63) is 71.8 Å². The molecule has 4 fully saturated rings. The van der Waals surface area contributed by atoms with Crippen LogP contribution in [-0.4, -0.2) is 152 Å². The number of aliphatic hydroxyl groups is 1. The molecule has 4 amide bonds. The fourth-order valence-electron chi connectivity index (χ4n) is 11.6. The number of Topliss-reactive ketones (excluding diaryl/α,β-unsaturated/α-hetero) is 5. The number of benzene rings is 2. The third-order valence-corrected chi connectivity index (χ3v) is 16.5. The van der Waals surface area contributed by atoms with Crippen molar-refractivity contribution < 1.29 is 67.2 Å². The number of urea groups is 2. The Hall–Kier alpha value is -5.85. The molecule has 0 radical (unpaired) electrons. The summed E-state index contributed by atoms with van der Waals surface area (Å²) in [4.78, 5) is 122. The lowest BCUT2D eigenvalue weighted by Crippen LogP contribution is -2.60. The molecule has 2 saturated heterocycles. The molecule has 0 unspecified atom stereocenters. The van der Waals surface area contributed by atoms with Gasteiger partial charge in [0, 0.05) is 57.8 Å². The zero-order chi connectivity index (χ0) is 57.9. The van der Waals surface area contributed by atoms with E-state index in [4.69, 9.17) is 18.9 Å². The Labute approximate surface area is 473 Å². The van der Waals surface area contributed by atoms with Gasteiger partial charge in [-0.15, -0.1) is 0 Å². The number of aliphatic hydroxyl groups excluding tert-OH is 1. The minimum atomic E-state index is -1.38. The minimum absolute atomic E-state index is 0.00211. The maximum atomic E-state index is 13.9. The predicted molar refractivity (Wildman–Crippen MR) is 300 cm³/mol. The number of ketones is 5. The van der Waals surface area contributed by atoms with Crippen LogP contribution in [0.4, 0.5) is 9.59 Å². The van der Waals surface area contributed by atoms with E-state index in [1.54, 1.807) is 9.80 Å². The SMILES string of the molecule is CCCC[C@H](CC(=O)C1(NC(=O)N2CCOCC2)CCCCC1)C(=O)C(=O)C[C@@H](Cc1ccccc1)C(=O)OC.CCCC[C@H](CC(=O)C1(NC(=O)N2CCOCC2)CCCCC1)[C@H](O)C(=O)C[C@@H](Cc1ccccc1)C(=O)OC. The van der Waals surface area contributed by atoms with Gasteiger partial charge in [-0.3, -0.25) is 33.6 Å². The van der Waals surface area contributed by atoms with E-state index in [-0.39, 0.29) is 55.7 Å². The van der Waals surface area contributed by atoms with Crippen molar-refractivity contribution in [3.8, 4) is 0 Å². The number of hydrogen-bond donors (Lipinski definition) is 3. The number of ether oxygens (including phenoxy) is 4. The molecule has 3 N–H and O–H groups in total. The first-order valence-electron chi connectivity index (χ1n) is 29.5. The molecule has 442 valence electrons. The van der Waals surface area contributed by atoms with Crippen molar-refractivity contribution in [2.45, 2.75) is 172 Å². The smallest absolute Gasteiger partial charge is 0.318 e. The molecule has 18 nitrogen and oxygen atoms in total. The summed E-state index contributed by atoms with van der Waals surface area (Å²) in [6, 6.07) is 18.1. The summed E-state index contributed by atoms with van der Waals surface area (Å²) < 4.78 is 20.6. The Morgan fingerprint density at radius 2 is 0.963 bits per heavy atom. The maximum Gasteiger partial charge on any atom is 0.318 e. The lowest BCUT2D eigenvalue weighted by molar-refractivity contribution is -0.149. The van der Waals surface area contributed by atoms with Gasteiger partial charge in [-0.25, -0.2) is 9.59 Å². The first-order valence-corrected chi connectivity index (χ1v) is 29.5. The number of unbranched alkanes of at least 4 members (excludes halogenated alkanes) is 2. The zero-order valence-corrected chi connectivity index (χ0v) is 48.0. The highest BCUT2D eigenvalue weighted by Gasteiger charge is 2.45. The average Bonchev–Trinajstić information content (AvgIpc) is 3.49. The molecule has 2 heterocycles. The molecule has 0 spiro atoms. The number of rotatable bonds is 28. The molecule has 2 saturated carbocycles. The van der Waals surface area contributed by atoms with Gasteiger partial charge < -0.3 is 44.5 Å². The largest absolute Gasteiger partial charge is 0.469 e. The maximum absolute atomic E-state index is 13.9. The molecule has 0 bridgehead atoms. The van der Waals surface area contributed by atoms with Crippen LogP contribution in [0.5, 0.6) is 0 Å². The van der Waals surface area contributed by atoms with Crippen molar-refractivity contribution in [1.29, 1.82) is 0 Å². The van der Waals surface area contributed by atoms with Gasteiger partial charge in [-0.1, -0.05) is 139 Å². The standard InChI is InChI=1S/C31H46N2O7.C31H44N2O7/c2*1-3-4-13-24(28(36)26(34)21-25(29(37)39-2)20-23-11-7-5-8-12-23)22-27(35)31(14-9-6-10-15-31)32-30(38)33-16-18-40-19-17-33/h5,7-8,11-12,24-25,28,36H,3-4,6,9-10,13-22H2,1-2H3,(H,32,38);5,7-8,11-12,24-25H,3-4,6,9-10,13-22H2,1-2H3,(H,32,38)/t24-,25-,28+;24-,25-/m11/s1. The number of carbonyl (C=O) groups is 9. The van der Waals surface area contributed by atoms with Crippen LogP contribution in [0.3, 0.4) is 0 Å². The lowest BCUT2D eigenvalue weighted by atomic mass is 9.74. The van der Waals surface area contributed by atoms with Gasteiger partial charge in [-0.05, 0) is 68.4 Å². The molecule has 6 rings (SSSR count). The van der Waals surface area contributed by atoms with Gasteiger partial charge in [0.15, 0.2) is 23.1 Å². The summed E-state index contributed by atoms with van der Waals surface area (Å²) in [6.07, 6.45) is 10.1. The zero-order valence-electron chi connectivity index (χ0n) is 48.0. The molecule has 4 aliphatic rings. The van der Waals surface area contributed by atoms with E-state index in [2.05, 4.69) is 10.6 Å². The third-order valence-electron chi connectivity index (χ3n) is 16.5. The van der Waals surface area contributed by atoms with E-state index in [0.717, 1.165) is 68.9 Å². The van der Waals surface area contributed by atoms with E-state index in [0.29, 0.717) is 104 Å². The molecule has 18 heteroatoms. The number of nitrogens with zero attached hydrogens (tertiary/aromatic N) is 2. The van der Waals surface area contributed by atoms with Gasteiger partial charge in [0.1, 0.15) is 17.2 Å². The van der Waals surface area contributed by atoms with Crippen LogP contribution in [0.2, 0.25) is 0 Å². The summed E-state index contributed by atoms with van der Waals surface area (Å²) in [7, 11) is 2.56. The second kappa shape index (κ2) is 33.8. The molecule has 2 aromatic carbocycles. The van der Waals surface area contributed by atoms with E-state index in [9.17, 15) is 48.3 Å². The topological polar surface area (TPSA) is 241 Å². The second-order valence-corrected chi connectivity index (χ2v) is 22.3. The Balaban J connectivity index is 0.000000294. The van der Waals surface area contributed by atoms with Gasteiger partial charge in [-0.2, -0.15) is 0 Å². The first-order chi connectivity index (χ1) is 38.6. The summed E-state index contributed by atoms with van der Waals surface area (Å²) in [5.41, 5.74) is -0.272. The lowest BCUT2D eigenvalue weighted by Gasteiger charge is -2.40. The molecule has 0 aromatic heterocycles. The number of hydrogen-bond acceptors (Lipinski definition) is 14. The fraction of sp³-hybridized carbons (Fsp3) is 0.661. The molecule has 80 heavy (non-hydrogen) atoms. The highest BCUT2D eigenvalue weighted by molar-refractivity contribution is 6.38. The van der Waals surface area contributed by atoms with Crippen molar-refractivity contribution in [3.63, 3.8) is 0 Å². The Morgan fingerprint density at radius 1 is 0.550 bits per heavy atom. The van der Waals surface area contributed by atoms with Crippen molar-refractivity contribution >= 4 is 52.9 Å². The number of amides is 4. The minimum Gasteiger partial charge on any atom is -0.469 e. The monoisotopic (exact) mass is 1110 g/mol. The van der Waals surface area contributed by atoms with E-state index in [1.165, 1.54) is 14.2 Å². The van der Waals surface area contributed by atoms with Crippen LogP contribution < -0.4 is 10.6 Å². The summed E-state index contributed by atoms with van der Waals surface area (Å²) in [5.74, 6) is -5.99. The van der Waals surface area contributed by atoms with Crippen LogP contribution in [0.1, 0.15) is 153 Å². The normalized spacial score (nSPS) is 18.8. The van der Waals surface area contributed by atoms with Crippen LogP contribution in [0.25, 0.3) is 0 Å². The Morgan fingerprint density at radius 3 is 1.39 bits per heavy atom. The summed E-state index contributed by atoms with van der Waals surface area (Å²) in [5, 5.41) is 17.3. The second-order valence-electron chi connectivity index (χ2n) is 22.3. The fourth-order valence-corrected chi connectivity index (χ4v) is 11.6. The van der Waals surface area contributed by atoms with Crippen molar-refractivity contribution in [1.82, 2.24) is 20.4 Å². The Bertz CT molecular complexity index is 2310. The average molecular weight is 1120 g/mol. The number of morpholine rings is 2. The van der Waals surface area contributed by atoms with Crippen molar-refractivity contribution in [2.24, 2.45) is 23.7 Å². The molecule has 2 aliphatic carbocycles. The first kappa shape index (κ1) is 65.0. The van der Waals surface area contributed by atoms with Gasteiger partial charge in [0.2, 0.25) is 5.78 Å². The van der Waals surface area contributed by atoms with Gasteiger partial charge in [0.25, 0.3) is 0 Å².